The van der Waals surface area contributed by atoms with Crippen LogP contribution in [0.25, 0.3) is 0 Å². The van der Waals surface area contributed by atoms with E-state index in [1.54, 1.807) is 0 Å². The van der Waals surface area contributed by atoms with E-state index in [1.807, 2.05) is 0 Å². The molecule has 0 spiro atoms. The zero-order valence-corrected chi connectivity index (χ0v) is 8.99. The van der Waals surface area contributed by atoms with E-state index in [9.17, 15) is 0 Å². The first-order chi connectivity index (χ1) is 6.79. The molecule has 1 aromatic carbocycles. The molecule has 1 fully saturated rings. The molecule has 0 N–H and O–H groups in total. The summed E-state index contributed by atoms with van der Waals surface area (Å²) in [6, 6.07) is 8.67. The van der Waals surface area contributed by atoms with Crippen LogP contribution in [0.5, 0.6) is 0 Å². The van der Waals surface area contributed by atoms with Gasteiger partial charge in [0, 0.05) is 0 Å². The van der Waals surface area contributed by atoms with Gasteiger partial charge in [-0.3, -0.25) is 0 Å². The molecule has 1 saturated heterocycles. The first-order valence-electron chi connectivity index (χ1n) is 5.51. The number of hydrogen-bond acceptors (Lipinski definition) is 1. The fourth-order valence-electron chi connectivity index (χ4n) is 2.12. The van der Waals surface area contributed by atoms with E-state index in [-0.39, 0.29) is 0 Å². The number of benzene rings is 1. The van der Waals surface area contributed by atoms with Gasteiger partial charge in [-0.25, -0.2) is 0 Å². The van der Waals surface area contributed by atoms with E-state index >= 15 is 0 Å². The Kier molecular flexibility index (Phi) is 2.87. The molecule has 1 heteroatoms. The van der Waals surface area contributed by atoms with Crippen LogP contribution in [0, 0.1) is 6.92 Å². The Labute approximate surface area is 86.1 Å². The van der Waals surface area contributed by atoms with Gasteiger partial charge >= 0.3 is 0 Å². The standard InChI is InChI=1S/C13H18O/c1-3-12-7-8-13(14-12)11-6-4-5-10(2)9-11/h4-6,9,12-13H,3,7-8H2,1-2H3. The quantitative estimate of drug-likeness (QED) is 0.692. The maximum atomic E-state index is 5.95. The molecule has 2 atom stereocenters. The summed E-state index contributed by atoms with van der Waals surface area (Å²) in [6.07, 6.45) is 4.37. The van der Waals surface area contributed by atoms with Crippen LogP contribution in [0.15, 0.2) is 24.3 Å². The molecule has 2 unspecified atom stereocenters. The highest BCUT2D eigenvalue weighted by atomic mass is 16.5. The molecule has 0 aliphatic carbocycles. The molecule has 1 aromatic rings. The van der Waals surface area contributed by atoms with E-state index in [0.717, 1.165) is 6.42 Å². The zero-order chi connectivity index (χ0) is 9.97. The van der Waals surface area contributed by atoms with Gasteiger partial charge in [-0.05, 0) is 31.7 Å². The maximum absolute atomic E-state index is 5.95. The highest BCUT2D eigenvalue weighted by Crippen LogP contribution is 2.33. The van der Waals surface area contributed by atoms with Gasteiger partial charge in [0.05, 0.1) is 12.2 Å². The van der Waals surface area contributed by atoms with Crippen molar-refractivity contribution in [3.05, 3.63) is 35.4 Å². The average molecular weight is 190 g/mol. The topological polar surface area (TPSA) is 9.23 Å². The summed E-state index contributed by atoms with van der Waals surface area (Å²) in [7, 11) is 0. The lowest BCUT2D eigenvalue weighted by Crippen LogP contribution is -2.04. The van der Waals surface area contributed by atoms with Gasteiger partial charge in [0.15, 0.2) is 0 Å². The second-order valence-corrected chi connectivity index (χ2v) is 4.15. The highest BCUT2D eigenvalue weighted by molar-refractivity contribution is 5.24. The smallest absolute Gasteiger partial charge is 0.0829 e. The maximum Gasteiger partial charge on any atom is 0.0829 e. The average Bonchev–Trinajstić information content (AvgIpc) is 2.66. The van der Waals surface area contributed by atoms with Crippen molar-refractivity contribution in [2.75, 3.05) is 0 Å². The summed E-state index contributed by atoms with van der Waals surface area (Å²) >= 11 is 0. The molecule has 2 rings (SSSR count). The lowest BCUT2D eigenvalue weighted by atomic mass is 10.0. The lowest BCUT2D eigenvalue weighted by Gasteiger charge is -2.13. The summed E-state index contributed by atoms with van der Waals surface area (Å²) in [6.45, 7) is 4.33. The van der Waals surface area contributed by atoms with E-state index in [4.69, 9.17) is 4.74 Å². The van der Waals surface area contributed by atoms with Gasteiger partial charge in [-0.15, -0.1) is 0 Å². The predicted octanol–water partition coefficient (Wildman–Crippen LogP) is 3.63. The molecule has 0 saturated carbocycles. The van der Waals surface area contributed by atoms with Crippen LogP contribution in [0.4, 0.5) is 0 Å². The van der Waals surface area contributed by atoms with Crippen molar-refractivity contribution in [3.63, 3.8) is 0 Å². The Morgan fingerprint density at radius 3 is 2.86 bits per heavy atom. The number of ether oxygens (including phenoxy) is 1. The third-order valence-corrected chi connectivity index (χ3v) is 2.98. The number of aryl methyl sites for hydroxylation is 1. The van der Waals surface area contributed by atoms with Crippen molar-refractivity contribution in [2.45, 2.75) is 45.3 Å². The van der Waals surface area contributed by atoms with E-state index in [0.29, 0.717) is 12.2 Å². The van der Waals surface area contributed by atoms with Gasteiger partial charge in [-0.1, -0.05) is 36.8 Å². The van der Waals surface area contributed by atoms with Gasteiger partial charge in [0.2, 0.25) is 0 Å². The summed E-state index contributed by atoms with van der Waals surface area (Å²) in [5.74, 6) is 0. The van der Waals surface area contributed by atoms with Crippen LogP contribution >= 0.6 is 0 Å². The number of hydrogen-bond donors (Lipinski definition) is 0. The third kappa shape index (κ3) is 1.98. The molecule has 0 radical (unpaired) electrons. The highest BCUT2D eigenvalue weighted by Gasteiger charge is 2.24. The fourth-order valence-corrected chi connectivity index (χ4v) is 2.12. The predicted molar refractivity (Wildman–Crippen MR) is 58.3 cm³/mol. The minimum atomic E-state index is 0.347. The Balaban J connectivity index is 2.09. The van der Waals surface area contributed by atoms with Gasteiger partial charge in [0.25, 0.3) is 0 Å². The van der Waals surface area contributed by atoms with Gasteiger partial charge in [-0.2, -0.15) is 0 Å². The van der Waals surface area contributed by atoms with Crippen LogP contribution in [0.3, 0.4) is 0 Å². The van der Waals surface area contributed by atoms with Crippen molar-refractivity contribution in [2.24, 2.45) is 0 Å². The van der Waals surface area contributed by atoms with E-state index in [1.165, 1.54) is 24.0 Å². The molecule has 14 heavy (non-hydrogen) atoms. The van der Waals surface area contributed by atoms with Crippen molar-refractivity contribution in [1.29, 1.82) is 0 Å². The first kappa shape index (κ1) is 9.72. The minimum Gasteiger partial charge on any atom is -0.370 e. The second-order valence-electron chi connectivity index (χ2n) is 4.15. The molecular weight excluding hydrogens is 172 g/mol. The largest absolute Gasteiger partial charge is 0.370 e. The monoisotopic (exact) mass is 190 g/mol. The summed E-state index contributed by atoms with van der Waals surface area (Å²) in [5, 5.41) is 0. The Hall–Kier alpha value is -0.820. The summed E-state index contributed by atoms with van der Waals surface area (Å²) in [5.41, 5.74) is 2.67. The molecule has 1 aliphatic heterocycles. The van der Waals surface area contributed by atoms with E-state index in [2.05, 4.69) is 38.1 Å². The Morgan fingerprint density at radius 1 is 1.36 bits per heavy atom. The fraction of sp³-hybridized carbons (Fsp3) is 0.538. The molecule has 1 aliphatic rings. The van der Waals surface area contributed by atoms with Gasteiger partial charge in [0.1, 0.15) is 0 Å². The molecule has 76 valence electrons. The molecule has 1 heterocycles. The van der Waals surface area contributed by atoms with Crippen molar-refractivity contribution in [1.82, 2.24) is 0 Å². The molecule has 1 nitrogen and oxygen atoms in total. The van der Waals surface area contributed by atoms with Crippen LogP contribution in [0.1, 0.15) is 43.4 Å². The number of rotatable bonds is 2. The Morgan fingerprint density at radius 2 is 2.21 bits per heavy atom. The second kappa shape index (κ2) is 4.14. The minimum absolute atomic E-state index is 0.347. The summed E-state index contributed by atoms with van der Waals surface area (Å²) in [4.78, 5) is 0. The first-order valence-corrected chi connectivity index (χ1v) is 5.51. The Bertz CT molecular complexity index is 306. The normalized spacial score (nSPS) is 26.7. The molecular formula is C13H18O. The van der Waals surface area contributed by atoms with Gasteiger partial charge < -0.3 is 4.74 Å². The van der Waals surface area contributed by atoms with Crippen molar-refractivity contribution >= 4 is 0 Å². The lowest BCUT2D eigenvalue weighted by molar-refractivity contribution is 0.0428. The SMILES string of the molecule is CCC1CCC(c2cccc(C)c2)O1. The third-order valence-electron chi connectivity index (χ3n) is 2.98. The summed E-state index contributed by atoms with van der Waals surface area (Å²) < 4.78 is 5.95. The van der Waals surface area contributed by atoms with E-state index < -0.39 is 0 Å². The van der Waals surface area contributed by atoms with Crippen molar-refractivity contribution in [3.8, 4) is 0 Å². The molecule has 0 aromatic heterocycles. The zero-order valence-electron chi connectivity index (χ0n) is 8.99. The molecule has 0 amide bonds. The van der Waals surface area contributed by atoms with Crippen LogP contribution < -0.4 is 0 Å². The van der Waals surface area contributed by atoms with Crippen LogP contribution in [-0.2, 0) is 4.74 Å². The van der Waals surface area contributed by atoms with Crippen LogP contribution in [0.2, 0.25) is 0 Å². The van der Waals surface area contributed by atoms with Crippen LogP contribution in [-0.4, -0.2) is 6.10 Å². The molecule has 0 bridgehead atoms. The van der Waals surface area contributed by atoms with Crippen molar-refractivity contribution < 1.29 is 4.74 Å².